The second-order valence-corrected chi connectivity index (χ2v) is 7.23. The van der Waals surface area contributed by atoms with Crippen molar-refractivity contribution in [1.29, 1.82) is 0 Å². The standard InChI is InChI=1S/C18H25N/c1-19-11-12-3-2-4-15(6-12)18-16-7-13-5-14(9-16)10-17(18)8-13/h2-4,6,13-14,16-19H,5,7-11H2,1H3. The quantitative estimate of drug-likeness (QED) is 0.862. The summed E-state index contributed by atoms with van der Waals surface area (Å²) in [6.07, 6.45) is 7.64. The van der Waals surface area contributed by atoms with E-state index in [4.69, 9.17) is 0 Å². The fourth-order valence-corrected chi connectivity index (χ4v) is 5.58. The van der Waals surface area contributed by atoms with Gasteiger partial charge < -0.3 is 5.32 Å². The van der Waals surface area contributed by atoms with Crippen molar-refractivity contribution in [3.8, 4) is 0 Å². The predicted octanol–water partition coefficient (Wildman–Crippen LogP) is 3.95. The Labute approximate surface area is 116 Å². The van der Waals surface area contributed by atoms with Crippen LogP contribution in [0.1, 0.15) is 49.1 Å². The summed E-state index contributed by atoms with van der Waals surface area (Å²) in [7, 11) is 2.04. The summed E-state index contributed by atoms with van der Waals surface area (Å²) in [6.45, 7) is 1.00. The van der Waals surface area contributed by atoms with Gasteiger partial charge in [-0.2, -0.15) is 0 Å². The fraction of sp³-hybridized carbons (Fsp3) is 0.667. The maximum Gasteiger partial charge on any atom is 0.0202 e. The van der Waals surface area contributed by atoms with E-state index in [0.717, 1.165) is 36.1 Å². The van der Waals surface area contributed by atoms with Gasteiger partial charge in [-0.05, 0) is 79.9 Å². The second kappa shape index (κ2) is 4.63. The highest BCUT2D eigenvalue weighted by Crippen LogP contribution is 2.59. The van der Waals surface area contributed by atoms with Crippen molar-refractivity contribution in [1.82, 2.24) is 5.32 Å². The molecule has 0 aliphatic heterocycles. The molecule has 5 rings (SSSR count). The van der Waals surface area contributed by atoms with Gasteiger partial charge in [0, 0.05) is 6.54 Å². The largest absolute Gasteiger partial charge is 0.316 e. The van der Waals surface area contributed by atoms with E-state index in [0.29, 0.717) is 0 Å². The van der Waals surface area contributed by atoms with Gasteiger partial charge in [0.15, 0.2) is 0 Å². The molecule has 0 radical (unpaired) electrons. The SMILES string of the molecule is CNCc1cccc(C2C3CC4CC(C3)CC2C4)c1. The van der Waals surface area contributed by atoms with Crippen molar-refractivity contribution < 1.29 is 0 Å². The Morgan fingerprint density at radius 2 is 1.68 bits per heavy atom. The van der Waals surface area contributed by atoms with Gasteiger partial charge in [-0.1, -0.05) is 24.3 Å². The molecule has 4 bridgehead atoms. The van der Waals surface area contributed by atoms with E-state index in [2.05, 4.69) is 29.6 Å². The van der Waals surface area contributed by atoms with E-state index in [-0.39, 0.29) is 0 Å². The molecule has 0 heterocycles. The molecular weight excluding hydrogens is 230 g/mol. The van der Waals surface area contributed by atoms with Gasteiger partial charge in [0.2, 0.25) is 0 Å². The van der Waals surface area contributed by atoms with Crippen LogP contribution in [0.25, 0.3) is 0 Å². The lowest BCUT2D eigenvalue weighted by molar-refractivity contribution is -0.00279. The van der Waals surface area contributed by atoms with E-state index in [1.54, 1.807) is 12.0 Å². The number of hydrogen-bond acceptors (Lipinski definition) is 1. The minimum Gasteiger partial charge on any atom is -0.316 e. The van der Waals surface area contributed by atoms with Crippen LogP contribution in [0.15, 0.2) is 24.3 Å². The van der Waals surface area contributed by atoms with E-state index in [9.17, 15) is 0 Å². The van der Waals surface area contributed by atoms with E-state index in [1.807, 2.05) is 7.05 Å². The highest BCUT2D eigenvalue weighted by Gasteiger charge is 2.48. The molecule has 102 valence electrons. The maximum absolute atomic E-state index is 3.28. The molecule has 0 saturated heterocycles. The van der Waals surface area contributed by atoms with E-state index in [1.165, 1.54) is 31.2 Å². The van der Waals surface area contributed by atoms with E-state index >= 15 is 0 Å². The van der Waals surface area contributed by atoms with Gasteiger partial charge in [0.1, 0.15) is 0 Å². The van der Waals surface area contributed by atoms with Gasteiger partial charge in [-0.15, -0.1) is 0 Å². The first-order chi connectivity index (χ1) is 9.33. The molecule has 0 unspecified atom stereocenters. The topological polar surface area (TPSA) is 12.0 Å². The Kier molecular flexibility index (Phi) is 2.91. The third-order valence-corrected chi connectivity index (χ3v) is 5.94. The first-order valence-corrected chi connectivity index (χ1v) is 8.07. The van der Waals surface area contributed by atoms with Crippen LogP contribution >= 0.6 is 0 Å². The highest BCUT2D eigenvalue weighted by molar-refractivity contribution is 5.29. The molecular formula is C18H25N. The molecule has 0 spiro atoms. The van der Waals surface area contributed by atoms with Gasteiger partial charge in [0.25, 0.3) is 0 Å². The van der Waals surface area contributed by atoms with Crippen molar-refractivity contribution >= 4 is 0 Å². The van der Waals surface area contributed by atoms with Crippen LogP contribution < -0.4 is 5.32 Å². The number of hydrogen-bond donors (Lipinski definition) is 1. The minimum absolute atomic E-state index is 0.879. The summed E-state index contributed by atoms with van der Waals surface area (Å²) in [5.41, 5.74) is 3.09. The van der Waals surface area contributed by atoms with Gasteiger partial charge in [-0.3, -0.25) is 0 Å². The maximum atomic E-state index is 3.28. The van der Waals surface area contributed by atoms with Crippen molar-refractivity contribution in [3.05, 3.63) is 35.4 Å². The molecule has 4 saturated carbocycles. The molecule has 4 aliphatic carbocycles. The molecule has 0 amide bonds. The lowest BCUT2D eigenvalue weighted by Gasteiger charge is -2.54. The van der Waals surface area contributed by atoms with Crippen LogP contribution in [-0.2, 0) is 6.54 Å². The Hall–Kier alpha value is -0.820. The summed E-state index contributed by atoms with van der Waals surface area (Å²) in [4.78, 5) is 0. The van der Waals surface area contributed by atoms with Crippen LogP contribution in [0.2, 0.25) is 0 Å². The zero-order valence-electron chi connectivity index (χ0n) is 11.9. The third-order valence-electron chi connectivity index (χ3n) is 5.94. The summed E-state index contributed by atoms with van der Waals surface area (Å²) in [5, 5.41) is 3.28. The fourth-order valence-electron chi connectivity index (χ4n) is 5.58. The van der Waals surface area contributed by atoms with Crippen LogP contribution in [0, 0.1) is 23.7 Å². The minimum atomic E-state index is 0.879. The first-order valence-electron chi connectivity index (χ1n) is 8.07. The van der Waals surface area contributed by atoms with E-state index < -0.39 is 0 Å². The molecule has 1 aromatic rings. The van der Waals surface area contributed by atoms with Crippen LogP contribution in [0.5, 0.6) is 0 Å². The summed E-state index contributed by atoms with van der Waals surface area (Å²) in [5.74, 6) is 5.05. The molecule has 1 heteroatoms. The summed E-state index contributed by atoms with van der Waals surface area (Å²) in [6, 6.07) is 9.40. The molecule has 1 N–H and O–H groups in total. The molecule has 1 nitrogen and oxygen atoms in total. The predicted molar refractivity (Wildman–Crippen MR) is 79.0 cm³/mol. The second-order valence-electron chi connectivity index (χ2n) is 7.23. The zero-order valence-corrected chi connectivity index (χ0v) is 11.9. The molecule has 1 aromatic carbocycles. The smallest absolute Gasteiger partial charge is 0.0202 e. The Morgan fingerprint density at radius 3 is 2.32 bits per heavy atom. The zero-order chi connectivity index (χ0) is 12.8. The average molecular weight is 255 g/mol. The third kappa shape index (κ3) is 2.03. The van der Waals surface area contributed by atoms with Crippen molar-refractivity contribution in [2.75, 3.05) is 7.05 Å². The van der Waals surface area contributed by atoms with Gasteiger partial charge >= 0.3 is 0 Å². The Bertz CT molecular complexity index is 437. The Morgan fingerprint density at radius 1 is 1.00 bits per heavy atom. The lowest BCUT2D eigenvalue weighted by Crippen LogP contribution is -2.43. The Balaban J connectivity index is 1.63. The molecule has 0 aromatic heterocycles. The number of rotatable bonds is 3. The summed E-state index contributed by atoms with van der Waals surface area (Å²) >= 11 is 0. The molecule has 19 heavy (non-hydrogen) atoms. The van der Waals surface area contributed by atoms with Crippen LogP contribution in [0.3, 0.4) is 0 Å². The molecule has 4 fully saturated rings. The molecule has 4 aliphatic rings. The number of benzene rings is 1. The van der Waals surface area contributed by atoms with Gasteiger partial charge in [0.05, 0.1) is 0 Å². The van der Waals surface area contributed by atoms with Crippen molar-refractivity contribution in [3.63, 3.8) is 0 Å². The molecule has 0 atom stereocenters. The normalized spacial score (nSPS) is 39.7. The van der Waals surface area contributed by atoms with Crippen LogP contribution in [0.4, 0.5) is 0 Å². The average Bonchev–Trinajstić information content (AvgIpc) is 2.38. The highest BCUT2D eigenvalue weighted by atomic mass is 14.8. The van der Waals surface area contributed by atoms with Crippen molar-refractivity contribution in [2.24, 2.45) is 23.7 Å². The number of nitrogens with one attached hydrogen (secondary N) is 1. The van der Waals surface area contributed by atoms with Gasteiger partial charge in [-0.25, -0.2) is 0 Å². The monoisotopic (exact) mass is 255 g/mol. The van der Waals surface area contributed by atoms with Crippen LogP contribution in [-0.4, -0.2) is 7.05 Å². The lowest BCUT2D eigenvalue weighted by atomic mass is 9.51. The summed E-state index contributed by atoms with van der Waals surface area (Å²) < 4.78 is 0. The first kappa shape index (κ1) is 12.0. The van der Waals surface area contributed by atoms with Crippen molar-refractivity contribution in [2.45, 2.75) is 44.6 Å².